The number of methoxy groups -OCH3 is 1. The number of hydrogen-bond donors (Lipinski definition) is 1. The Hall–Kier alpha value is -0.860. The van der Waals surface area contributed by atoms with Crippen LogP contribution in [0.3, 0.4) is 0 Å². The van der Waals surface area contributed by atoms with E-state index >= 15 is 0 Å². The van der Waals surface area contributed by atoms with Crippen molar-refractivity contribution in [1.82, 2.24) is 5.32 Å². The highest BCUT2D eigenvalue weighted by atomic mass is 16.5. The lowest BCUT2D eigenvalue weighted by Gasteiger charge is -2.14. The topological polar surface area (TPSA) is 21.3 Å². The average molecular weight is 231 g/mol. The first kappa shape index (κ1) is 11.2. The van der Waals surface area contributed by atoms with Crippen LogP contribution in [0.1, 0.15) is 36.3 Å². The number of nitrogens with one attached hydrogen (secondary N) is 1. The molecule has 1 unspecified atom stereocenters. The molecule has 0 bridgehead atoms. The predicted octanol–water partition coefficient (Wildman–Crippen LogP) is 2.49. The first-order chi connectivity index (χ1) is 8.31. The Balaban J connectivity index is 1.67. The molecule has 1 atom stereocenters. The summed E-state index contributed by atoms with van der Waals surface area (Å²) in [6.45, 7) is 2.31. The highest BCUT2D eigenvalue weighted by Gasteiger charge is 2.42. The van der Waals surface area contributed by atoms with Crippen LogP contribution >= 0.6 is 0 Å². The van der Waals surface area contributed by atoms with Crippen LogP contribution in [0.2, 0.25) is 0 Å². The number of hydrogen-bond acceptors (Lipinski definition) is 2. The molecule has 92 valence electrons. The second kappa shape index (κ2) is 4.43. The highest BCUT2D eigenvalue weighted by Crippen LogP contribution is 2.41. The molecule has 1 saturated carbocycles. The van der Waals surface area contributed by atoms with Gasteiger partial charge in [-0.2, -0.15) is 0 Å². The quantitative estimate of drug-likeness (QED) is 0.859. The summed E-state index contributed by atoms with van der Waals surface area (Å²) in [6, 6.07) is 9.18. The molecule has 1 aliphatic carbocycles. The molecular formula is C15H21NO. The molecule has 2 nitrogen and oxygen atoms in total. The summed E-state index contributed by atoms with van der Waals surface area (Å²) in [5.74, 6) is 0.723. The Bertz CT molecular complexity index is 374. The minimum Gasteiger partial charge on any atom is -0.378 e. The zero-order chi connectivity index (χ0) is 11.7. The largest absolute Gasteiger partial charge is 0.378 e. The van der Waals surface area contributed by atoms with Crippen LogP contribution in [0.4, 0.5) is 0 Å². The zero-order valence-electron chi connectivity index (χ0n) is 10.5. The van der Waals surface area contributed by atoms with Gasteiger partial charge in [-0.3, -0.25) is 0 Å². The smallest absolute Gasteiger partial charge is 0.0721 e. The minimum atomic E-state index is 0.177. The average Bonchev–Trinajstić information content (AvgIpc) is 2.92. The first-order valence-electron chi connectivity index (χ1n) is 6.66. The molecule has 0 radical (unpaired) electrons. The summed E-state index contributed by atoms with van der Waals surface area (Å²) in [4.78, 5) is 0. The molecule has 1 aromatic rings. The van der Waals surface area contributed by atoms with Gasteiger partial charge in [0.15, 0.2) is 0 Å². The van der Waals surface area contributed by atoms with Crippen LogP contribution in [-0.4, -0.2) is 25.8 Å². The van der Waals surface area contributed by atoms with E-state index < -0.39 is 0 Å². The van der Waals surface area contributed by atoms with Gasteiger partial charge in [0.05, 0.1) is 5.60 Å². The van der Waals surface area contributed by atoms with Crippen LogP contribution < -0.4 is 5.32 Å². The van der Waals surface area contributed by atoms with Crippen molar-refractivity contribution in [2.75, 3.05) is 20.2 Å². The van der Waals surface area contributed by atoms with Gasteiger partial charge in [-0.25, -0.2) is 0 Å². The standard InChI is InChI=1S/C15H21NO/c1-17-15(7-8-15)10-12-2-4-13(5-3-12)14-6-9-16-11-14/h2-5,14,16H,6-11H2,1H3. The maximum atomic E-state index is 5.57. The molecule has 1 heterocycles. The second-order valence-corrected chi connectivity index (χ2v) is 5.50. The summed E-state index contributed by atoms with van der Waals surface area (Å²) < 4.78 is 5.57. The van der Waals surface area contributed by atoms with E-state index in [1.54, 1.807) is 0 Å². The normalized spacial score (nSPS) is 26.1. The highest BCUT2D eigenvalue weighted by molar-refractivity contribution is 5.28. The van der Waals surface area contributed by atoms with Gasteiger partial charge in [0.2, 0.25) is 0 Å². The Morgan fingerprint density at radius 2 is 2.06 bits per heavy atom. The number of ether oxygens (including phenoxy) is 1. The van der Waals surface area contributed by atoms with Crippen molar-refractivity contribution < 1.29 is 4.74 Å². The maximum absolute atomic E-state index is 5.57. The van der Waals surface area contributed by atoms with Crippen LogP contribution in [0.25, 0.3) is 0 Å². The minimum absolute atomic E-state index is 0.177. The van der Waals surface area contributed by atoms with E-state index in [0.29, 0.717) is 0 Å². The Morgan fingerprint density at radius 3 is 2.59 bits per heavy atom. The Kier molecular flexibility index (Phi) is 2.93. The molecule has 2 aliphatic rings. The Labute approximate surface area is 103 Å². The van der Waals surface area contributed by atoms with Crippen molar-refractivity contribution in [2.24, 2.45) is 0 Å². The summed E-state index contributed by atoms with van der Waals surface area (Å²) in [5, 5.41) is 3.42. The fourth-order valence-corrected chi connectivity index (χ4v) is 2.81. The van der Waals surface area contributed by atoms with E-state index in [9.17, 15) is 0 Å². The van der Waals surface area contributed by atoms with Crippen LogP contribution in [0.5, 0.6) is 0 Å². The monoisotopic (exact) mass is 231 g/mol. The molecule has 0 amide bonds. The summed E-state index contributed by atoms with van der Waals surface area (Å²) >= 11 is 0. The van der Waals surface area contributed by atoms with Gasteiger partial charge in [0.1, 0.15) is 0 Å². The molecule has 2 heteroatoms. The lowest BCUT2D eigenvalue weighted by atomic mass is 9.96. The second-order valence-electron chi connectivity index (χ2n) is 5.50. The van der Waals surface area contributed by atoms with Gasteiger partial charge >= 0.3 is 0 Å². The molecule has 0 aromatic heterocycles. The first-order valence-corrected chi connectivity index (χ1v) is 6.66. The molecule has 1 N–H and O–H groups in total. The van der Waals surface area contributed by atoms with Crippen molar-refractivity contribution in [3.63, 3.8) is 0 Å². The van der Waals surface area contributed by atoms with E-state index in [2.05, 4.69) is 29.6 Å². The molecule has 0 spiro atoms. The third-order valence-electron chi connectivity index (χ3n) is 4.28. The summed E-state index contributed by atoms with van der Waals surface area (Å²) in [7, 11) is 1.84. The fraction of sp³-hybridized carbons (Fsp3) is 0.600. The molecule has 1 saturated heterocycles. The van der Waals surface area contributed by atoms with Crippen LogP contribution in [-0.2, 0) is 11.2 Å². The zero-order valence-corrected chi connectivity index (χ0v) is 10.5. The van der Waals surface area contributed by atoms with Crippen molar-refractivity contribution in [2.45, 2.75) is 37.2 Å². The third-order valence-corrected chi connectivity index (χ3v) is 4.28. The van der Waals surface area contributed by atoms with Crippen molar-refractivity contribution in [3.05, 3.63) is 35.4 Å². The van der Waals surface area contributed by atoms with E-state index in [-0.39, 0.29) is 5.60 Å². The third kappa shape index (κ3) is 2.38. The molecule has 1 aromatic carbocycles. The fourth-order valence-electron chi connectivity index (χ4n) is 2.81. The lowest BCUT2D eigenvalue weighted by Crippen LogP contribution is -2.15. The molecule has 17 heavy (non-hydrogen) atoms. The molecule has 2 fully saturated rings. The predicted molar refractivity (Wildman–Crippen MR) is 69.3 cm³/mol. The van der Waals surface area contributed by atoms with Gasteiger partial charge in [-0.1, -0.05) is 24.3 Å². The summed E-state index contributed by atoms with van der Waals surface area (Å²) in [5.41, 5.74) is 3.08. The van der Waals surface area contributed by atoms with E-state index in [4.69, 9.17) is 4.74 Å². The number of benzene rings is 1. The van der Waals surface area contributed by atoms with Crippen molar-refractivity contribution in [1.29, 1.82) is 0 Å². The van der Waals surface area contributed by atoms with Gasteiger partial charge in [0.25, 0.3) is 0 Å². The number of rotatable bonds is 4. The lowest BCUT2D eigenvalue weighted by molar-refractivity contribution is 0.0807. The molecular weight excluding hydrogens is 210 g/mol. The van der Waals surface area contributed by atoms with Crippen molar-refractivity contribution >= 4 is 0 Å². The maximum Gasteiger partial charge on any atom is 0.0721 e. The van der Waals surface area contributed by atoms with Gasteiger partial charge in [-0.05, 0) is 42.9 Å². The van der Waals surface area contributed by atoms with Crippen LogP contribution in [0, 0.1) is 0 Å². The molecule has 1 aliphatic heterocycles. The van der Waals surface area contributed by atoms with Gasteiger partial charge < -0.3 is 10.1 Å². The SMILES string of the molecule is COC1(Cc2ccc(C3CCNC3)cc2)CC1. The van der Waals surface area contributed by atoms with Gasteiger partial charge in [-0.15, -0.1) is 0 Å². The van der Waals surface area contributed by atoms with E-state index in [1.165, 1.54) is 36.9 Å². The van der Waals surface area contributed by atoms with Crippen molar-refractivity contribution in [3.8, 4) is 0 Å². The van der Waals surface area contributed by atoms with Gasteiger partial charge in [0, 0.05) is 20.1 Å². The Morgan fingerprint density at radius 1 is 1.29 bits per heavy atom. The van der Waals surface area contributed by atoms with E-state index in [1.807, 2.05) is 7.11 Å². The van der Waals surface area contributed by atoms with E-state index in [0.717, 1.165) is 18.9 Å². The van der Waals surface area contributed by atoms with Crippen LogP contribution in [0.15, 0.2) is 24.3 Å². The summed E-state index contributed by atoms with van der Waals surface area (Å²) in [6.07, 6.45) is 4.80. The molecule has 3 rings (SSSR count).